The van der Waals surface area contributed by atoms with E-state index in [4.69, 9.17) is 0 Å². The number of fused-ring (bicyclic) bond motifs is 2. The van der Waals surface area contributed by atoms with Crippen LogP contribution in [0.5, 0.6) is 0 Å². The zero-order valence-corrected chi connectivity index (χ0v) is 22.2. The van der Waals surface area contributed by atoms with Crippen LogP contribution in [0.3, 0.4) is 0 Å². The lowest BCUT2D eigenvalue weighted by Crippen LogP contribution is -2.39. The van der Waals surface area contributed by atoms with Crippen LogP contribution in [0.2, 0.25) is 0 Å². The molecule has 194 valence electrons. The molecule has 0 bridgehead atoms. The molecule has 1 aromatic carbocycles. The van der Waals surface area contributed by atoms with Crippen LogP contribution in [0.25, 0.3) is 27.8 Å². The zero-order valence-electron chi connectivity index (χ0n) is 22.2. The van der Waals surface area contributed by atoms with Crippen molar-refractivity contribution in [2.24, 2.45) is 0 Å². The van der Waals surface area contributed by atoms with Crippen LogP contribution in [-0.2, 0) is 4.79 Å². The Morgan fingerprint density at radius 3 is 2.65 bits per heavy atom. The van der Waals surface area contributed by atoms with Crippen LogP contribution >= 0.6 is 0 Å². The lowest BCUT2D eigenvalue weighted by atomic mass is 9.87. The van der Waals surface area contributed by atoms with Gasteiger partial charge in [-0.1, -0.05) is 19.9 Å². The van der Waals surface area contributed by atoms with Gasteiger partial charge in [-0.3, -0.25) is 4.79 Å². The number of likely N-dealkylation sites (tertiary alicyclic amines) is 2. The number of rotatable bonds is 6. The number of carbonyl (C=O) groups excluding carboxylic acids is 1. The molecule has 0 saturated carbocycles. The maximum Gasteiger partial charge on any atom is 0.223 e. The number of H-pyrrole nitrogens is 1. The van der Waals surface area contributed by atoms with Gasteiger partial charge in [0, 0.05) is 48.7 Å². The predicted octanol–water partition coefficient (Wildman–Crippen LogP) is 4.90. The molecule has 0 aliphatic carbocycles. The van der Waals surface area contributed by atoms with Gasteiger partial charge in [-0.15, -0.1) is 5.10 Å². The van der Waals surface area contributed by atoms with Crippen molar-refractivity contribution < 1.29 is 4.79 Å². The number of amides is 1. The lowest BCUT2D eigenvalue weighted by molar-refractivity contribution is -0.132. The summed E-state index contributed by atoms with van der Waals surface area (Å²) in [7, 11) is 0. The number of carbonyl (C=O) groups is 1. The first-order chi connectivity index (χ1) is 18.0. The highest BCUT2D eigenvalue weighted by Gasteiger charge is 2.26. The summed E-state index contributed by atoms with van der Waals surface area (Å²) in [6.45, 7) is 11.5. The summed E-state index contributed by atoms with van der Waals surface area (Å²) < 4.78 is 1.76. The standard InChI is InChI=1S/C29H37N7O/c1-19(2)27-24-17-22(21-8-14-35(15-9-21)26(37)10-13-34-11-4-5-12-34)6-7-25(24)30-28(27)23-16-20(3)29-31-32-33-36(29)18-23/h6-7,16-19,21,30H,4-5,8-15H2,1-3H3. The molecule has 0 radical (unpaired) electrons. The first kappa shape index (κ1) is 24.1. The van der Waals surface area contributed by atoms with Crippen LogP contribution in [0.15, 0.2) is 30.5 Å². The molecule has 37 heavy (non-hydrogen) atoms. The number of aromatic amines is 1. The van der Waals surface area contributed by atoms with Gasteiger partial charge in [0.05, 0.1) is 5.69 Å². The molecular formula is C29H37N7O. The number of hydrogen-bond donors (Lipinski definition) is 1. The van der Waals surface area contributed by atoms with E-state index in [1.54, 1.807) is 4.52 Å². The molecule has 1 amide bonds. The minimum Gasteiger partial charge on any atom is -0.354 e. The van der Waals surface area contributed by atoms with Crippen molar-refractivity contribution in [3.63, 3.8) is 0 Å². The van der Waals surface area contributed by atoms with Crippen LogP contribution in [0.1, 0.15) is 74.5 Å². The van der Waals surface area contributed by atoms with Gasteiger partial charge in [0.15, 0.2) is 5.65 Å². The quantitative estimate of drug-likeness (QED) is 0.408. The van der Waals surface area contributed by atoms with E-state index in [0.29, 0.717) is 24.2 Å². The van der Waals surface area contributed by atoms with Crippen LogP contribution in [-0.4, -0.2) is 73.5 Å². The van der Waals surface area contributed by atoms with Crippen molar-refractivity contribution in [2.45, 2.75) is 64.7 Å². The minimum absolute atomic E-state index is 0.327. The fourth-order valence-corrected chi connectivity index (χ4v) is 6.34. The Kier molecular flexibility index (Phi) is 6.44. The molecule has 2 aliphatic heterocycles. The third kappa shape index (κ3) is 4.63. The van der Waals surface area contributed by atoms with Gasteiger partial charge in [-0.05, 0) is 103 Å². The molecule has 6 rings (SSSR count). The first-order valence-corrected chi connectivity index (χ1v) is 13.8. The average Bonchev–Trinajstić information content (AvgIpc) is 3.66. The lowest BCUT2D eigenvalue weighted by Gasteiger charge is -2.33. The molecular weight excluding hydrogens is 462 g/mol. The molecule has 0 spiro atoms. The summed E-state index contributed by atoms with van der Waals surface area (Å²) in [5.41, 5.74) is 7.95. The SMILES string of the molecule is Cc1cc(-c2[nH]c3ccc(C4CCN(C(=O)CCN5CCCC5)CC4)cc3c2C(C)C)cn2nnnc12. The molecule has 2 saturated heterocycles. The average molecular weight is 500 g/mol. The van der Waals surface area contributed by atoms with E-state index < -0.39 is 0 Å². The Balaban J connectivity index is 1.22. The normalized spacial score (nSPS) is 17.6. The fourth-order valence-electron chi connectivity index (χ4n) is 6.34. The van der Waals surface area contributed by atoms with Gasteiger partial charge in [-0.2, -0.15) is 4.52 Å². The van der Waals surface area contributed by atoms with E-state index in [1.165, 1.54) is 29.4 Å². The fraction of sp³-hybridized carbons (Fsp3) is 0.517. The monoisotopic (exact) mass is 499 g/mol. The minimum atomic E-state index is 0.327. The summed E-state index contributed by atoms with van der Waals surface area (Å²) in [5.74, 6) is 1.18. The molecule has 3 aromatic heterocycles. The Morgan fingerprint density at radius 1 is 1.11 bits per heavy atom. The highest BCUT2D eigenvalue weighted by molar-refractivity contribution is 5.92. The Bertz CT molecular complexity index is 1420. The molecule has 5 heterocycles. The van der Waals surface area contributed by atoms with E-state index >= 15 is 0 Å². The number of pyridine rings is 1. The molecule has 0 unspecified atom stereocenters. The molecule has 1 N–H and O–H groups in total. The summed E-state index contributed by atoms with van der Waals surface area (Å²) in [6, 6.07) is 9.07. The Morgan fingerprint density at radius 2 is 1.89 bits per heavy atom. The molecule has 2 aliphatic rings. The largest absolute Gasteiger partial charge is 0.354 e. The molecule has 8 nitrogen and oxygen atoms in total. The highest BCUT2D eigenvalue weighted by atomic mass is 16.2. The number of nitrogens with zero attached hydrogens (tertiary/aromatic N) is 6. The molecule has 2 fully saturated rings. The molecule has 4 aromatic rings. The number of aryl methyl sites for hydroxylation is 1. The first-order valence-electron chi connectivity index (χ1n) is 13.8. The van der Waals surface area contributed by atoms with Crippen LogP contribution in [0, 0.1) is 6.92 Å². The van der Waals surface area contributed by atoms with Gasteiger partial charge >= 0.3 is 0 Å². The second-order valence-corrected chi connectivity index (χ2v) is 11.2. The maximum atomic E-state index is 12.8. The predicted molar refractivity (Wildman–Crippen MR) is 146 cm³/mol. The highest BCUT2D eigenvalue weighted by Crippen LogP contribution is 2.38. The van der Waals surface area contributed by atoms with Gasteiger partial charge in [0.1, 0.15) is 0 Å². The third-order valence-corrected chi connectivity index (χ3v) is 8.37. The topological polar surface area (TPSA) is 82.4 Å². The van der Waals surface area contributed by atoms with Gasteiger partial charge < -0.3 is 14.8 Å². The van der Waals surface area contributed by atoms with E-state index in [1.807, 2.05) is 6.20 Å². The Hall–Kier alpha value is -3.26. The summed E-state index contributed by atoms with van der Waals surface area (Å²) in [4.78, 5) is 21.0. The van der Waals surface area contributed by atoms with Crippen molar-refractivity contribution in [3.05, 3.63) is 47.2 Å². The van der Waals surface area contributed by atoms with Gasteiger partial charge in [0.2, 0.25) is 5.91 Å². The number of benzene rings is 1. The van der Waals surface area contributed by atoms with Crippen LogP contribution in [0.4, 0.5) is 0 Å². The Labute approximate surface area is 218 Å². The maximum absolute atomic E-state index is 12.8. The van der Waals surface area contributed by atoms with Gasteiger partial charge in [0.25, 0.3) is 0 Å². The van der Waals surface area contributed by atoms with Crippen LogP contribution < -0.4 is 0 Å². The number of tetrazole rings is 1. The third-order valence-electron chi connectivity index (χ3n) is 8.37. The second kappa shape index (κ2) is 9.89. The van der Waals surface area contributed by atoms with Crippen molar-refractivity contribution in [1.82, 2.24) is 34.8 Å². The second-order valence-electron chi connectivity index (χ2n) is 11.2. The number of piperidine rings is 1. The van der Waals surface area contributed by atoms with E-state index in [0.717, 1.165) is 73.6 Å². The smallest absolute Gasteiger partial charge is 0.223 e. The molecule has 0 atom stereocenters. The van der Waals surface area contributed by atoms with Crippen molar-refractivity contribution in [1.29, 1.82) is 0 Å². The van der Waals surface area contributed by atoms with Crippen molar-refractivity contribution in [3.8, 4) is 11.3 Å². The zero-order chi connectivity index (χ0) is 25.5. The van der Waals surface area contributed by atoms with Gasteiger partial charge in [-0.25, -0.2) is 0 Å². The summed E-state index contributed by atoms with van der Waals surface area (Å²) in [6.07, 6.45) is 7.29. The van der Waals surface area contributed by atoms with Crippen molar-refractivity contribution in [2.75, 3.05) is 32.7 Å². The number of aromatic nitrogens is 5. The summed E-state index contributed by atoms with van der Waals surface area (Å²) >= 11 is 0. The number of nitrogens with one attached hydrogen (secondary N) is 1. The summed E-state index contributed by atoms with van der Waals surface area (Å²) in [5, 5.41) is 13.4. The van der Waals surface area contributed by atoms with E-state index in [-0.39, 0.29) is 0 Å². The van der Waals surface area contributed by atoms with Crippen molar-refractivity contribution >= 4 is 22.5 Å². The molecule has 8 heteroatoms. The van der Waals surface area contributed by atoms with E-state index in [2.05, 4.69) is 75.3 Å². The van der Waals surface area contributed by atoms with E-state index in [9.17, 15) is 4.79 Å². The number of hydrogen-bond acceptors (Lipinski definition) is 5.